The van der Waals surface area contributed by atoms with Gasteiger partial charge in [-0.15, -0.1) is 0 Å². The minimum atomic E-state index is -0.325. The SMILES string of the molecule is COc1ccccc1Cn1cccc(/C(N)=N/O)c1=O. The van der Waals surface area contributed by atoms with Crippen molar-refractivity contribution >= 4 is 5.84 Å². The summed E-state index contributed by atoms with van der Waals surface area (Å²) in [6, 6.07) is 10.6. The van der Waals surface area contributed by atoms with E-state index in [1.54, 1.807) is 19.4 Å². The third-order valence-corrected chi connectivity index (χ3v) is 2.94. The molecule has 6 nitrogen and oxygen atoms in total. The molecule has 1 heterocycles. The summed E-state index contributed by atoms with van der Waals surface area (Å²) in [7, 11) is 1.58. The molecule has 0 aliphatic carbocycles. The molecule has 0 aliphatic heterocycles. The van der Waals surface area contributed by atoms with Crippen molar-refractivity contribution < 1.29 is 9.94 Å². The molecule has 20 heavy (non-hydrogen) atoms. The minimum absolute atomic E-state index is 0.157. The number of hydrogen-bond acceptors (Lipinski definition) is 4. The Morgan fingerprint density at radius 1 is 1.35 bits per heavy atom. The van der Waals surface area contributed by atoms with Gasteiger partial charge in [-0.25, -0.2) is 0 Å². The fraction of sp³-hybridized carbons (Fsp3) is 0.143. The third kappa shape index (κ3) is 2.64. The molecule has 0 spiro atoms. The first-order valence-electron chi connectivity index (χ1n) is 5.96. The second-order valence-electron chi connectivity index (χ2n) is 4.15. The van der Waals surface area contributed by atoms with Crippen LogP contribution in [0.4, 0.5) is 0 Å². The number of para-hydroxylation sites is 1. The first kappa shape index (κ1) is 13.7. The number of amidine groups is 1. The Balaban J connectivity index is 2.42. The van der Waals surface area contributed by atoms with E-state index < -0.39 is 0 Å². The van der Waals surface area contributed by atoms with Crippen LogP contribution < -0.4 is 16.0 Å². The van der Waals surface area contributed by atoms with Gasteiger partial charge in [0.2, 0.25) is 0 Å². The van der Waals surface area contributed by atoms with Gasteiger partial charge in [-0.3, -0.25) is 4.79 Å². The highest BCUT2D eigenvalue weighted by molar-refractivity contribution is 5.96. The molecule has 6 heteroatoms. The Hall–Kier alpha value is -2.76. The van der Waals surface area contributed by atoms with Crippen LogP contribution in [0.2, 0.25) is 0 Å². The third-order valence-electron chi connectivity index (χ3n) is 2.94. The molecule has 0 unspecified atom stereocenters. The number of benzene rings is 1. The molecule has 0 fully saturated rings. The summed E-state index contributed by atoms with van der Waals surface area (Å²) in [6.07, 6.45) is 1.64. The number of methoxy groups -OCH3 is 1. The van der Waals surface area contributed by atoms with Gasteiger partial charge in [-0.2, -0.15) is 0 Å². The number of ether oxygens (including phenoxy) is 1. The van der Waals surface area contributed by atoms with Crippen molar-refractivity contribution in [1.29, 1.82) is 0 Å². The highest BCUT2D eigenvalue weighted by atomic mass is 16.5. The topological polar surface area (TPSA) is 89.8 Å². The van der Waals surface area contributed by atoms with Crippen LogP contribution in [-0.2, 0) is 6.54 Å². The molecule has 0 bridgehead atoms. The fourth-order valence-corrected chi connectivity index (χ4v) is 1.93. The lowest BCUT2D eigenvalue weighted by atomic mass is 10.2. The van der Waals surface area contributed by atoms with Crippen molar-refractivity contribution in [3.63, 3.8) is 0 Å². The molecule has 0 saturated heterocycles. The van der Waals surface area contributed by atoms with E-state index >= 15 is 0 Å². The first-order valence-corrected chi connectivity index (χ1v) is 5.96. The van der Waals surface area contributed by atoms with E-state index in [1.165, 1.54) is 10.6 Å². The maximum Gasteiger partial charge on any atom is 0.261 e. The Morgan fingerprint density at radius 2 is 2.10 bits per heavy atom. The molecular weight excluding hydrogens is 258 g/mol. The van der Waals surface area contributed by atoms with E-state index in [1.807, 2.05) is 24.3 Å². The summed E-state index contributed by atoms with van der Waals surface area (Å²) < 4.78 is 6.73. The van der Waals surface area contributed by atoms with Crippen LogP contribution in [0.3, 0.4) is 0 Å². The van der Waals surface area contributed by atoms with E-state index in [0.29, 0.717) is 12.3 Å². The second-order valence-corrected chi connectivity index (χ2v) is 4.15. The lowest BCUT2D eigenvalue weighted by Crippen LogP contribution is -2.30. The molecule has 104 valence electrons. The van der Waals surface area contributed by atoms with E-state index in [2.05, 4.69) is 5.16 Å². The predicted octanol–water partition coefficient (Wildman–Crippen LogP) is 1.000. The minimum Gasteiger partial charge on any atom is -0.496 e. The zero-order valence-corrected chi connectivity index (χ0v) is 11.0. The summed E-state index contributed by atoms with van der Waals surface area (Å²) in [5.41, 5.74) is 6.18. The van der Waals surface area contributed by atoms with Gasteiger partial charge in [-0.05, 0) is 18.2 Å². The summed E-state index contributed by atoms with van der Waals surface area (Å²) in [6.45, 7) is 0.343. The molecule has 0 saturated carbocycles. The number of rotatable bonds is 4. The Morgan fingerprint density at radius 3 is 2.80 bits per heavy atom. The summed E-state index contributed by atoms with van der Waals surface area (Å²) in [4.78, 5) is 12.2. The van der Waals surface area contributed by atoms with Crippen LogP contribution in [0.15, 0.2) is 52.5 Å². The average molecular weight is 273 g/mol. The van der Waals surface area contributed by atoms with Crippen molar-refractivity contribution in [2.75, 3.05) is 7.11 Å². The number of oxime groups is 1. The largest absolute Gasteiger partial charge is 0.496 e. The van der Waals surface area contributed by atoms with Crippen LogP contribution >= 0.6 is 0 Å². The molecule has 0 atom stereocenters. The zero-order chi connectivity index (χ0) is 14.5. The zero-order valence-electron chi connectivity index (χ0n) is 11.0. The van der Waals surface area contributed by atoms with Crippen LogP contribution in [-0.4, -0.2) is 22.7 Å². The molecule has 1 aromatic heterocycles. The fourth-order valence-electron chi connectivity index (χ4n) is 1.93. The van der Waals surface area contributed by atoms with Gasteiger partial charge in [0, 0.05) is 11.8 Å². The number of pyridine rings is 1. The van der Waals surface area contributed by atoms with Gasteiger partial charge in [0.05, 0.1) is 19.2 Å². The quantitative estimate of drug-likeness (QED) is 0.376. The number of aromatic nitrogens is 1. The van der Waals surface area contributed by atoms with E-state index in [0.717, 1.165) is 5.56 Å². The smallest absolute Gasteiger partial charge is 0.261 e. The van der Waals surface area contributed by atoms with Gasteiger partial charge >= 0.3 is 0 Å². The molecule has 1 aromatic carbocycles. The molecule has 0 aliphatic rings. The van der Waals surface area contributed by atoms with Crippen molar-refractivity contribution in [3.05, 3.63) is 64.1 Å². The Kier molecular flexibility index (Phi) is 4.05. The summed E-state index contributed by atoms with van der Waals surface area (Å²) in [5.74, 6) is 0.498. The van der Waals surface area contributed by atoms with Crippen LogP contribution in [0.5, 0.6) is 5.75 Å². The number of hydrogen-bond donors (Lipinski definition) is 2. The number of nitrogens with zero attached hydrogens (tertiary/aromatic N) is 2. The Bertz CT molecular complexity index is 692. The lowest BCUT2D eigenvalue weighted by molar-refractivity contribution is 0.318. The second kappa shape index (κ2) is 5.92. The average Bonchev–Trinajstić information content (AvgIpc) is 2.49. The van der Waals surface area contributed by atoms with Crippen molar-refractivity contribution in [2.24, 2.45) is 10.9 Å². The molecular formula is C14H15N3O3. The summed E-state index contributed by atoms with van der Waals surface area (Å²) in [5, 5.41) is 11.5. The van der Waals surface area contributed by atoms with Gasteiger partial charge < -0.3 is 20.2 Å². The Labute approximate surface area is 115 Å². The molecule has 2 rings (SSSR count). The lowest BCUT2D eigenvalue weighted by Gasteiger charge is -2.11. The van der Waals surface area contributed by atoms with Crippen molar-refractivity contribution in [3.8, 4) is 5.75 Å². The van der Waals surface area contributed by atoms with Gasteiger partial charge in [0.15, 0.2) is 5.84 Å². The van der Waals surface area contributed by atoms with E-state index in [-0.39, 0.29) is 17.0 Å². The van der Waals surface area contributed by atoms with Crippen LogP contribution in [0.25, 0.3) is 0 Å². The molecule has 0 radical (unpaired) electrons. The van der Waals surface area contributed by atoms with Crippen LogP contribution in [0.1, 0.15) is 11.1 Å². The predicted molar refractivity (Wildman–Crippen MR) is 75.3 cm³/mol. The highest BCUT2D eigenvalue weighted by Crippen LogP contribution is 2.17. The maximum atomic E-state index is 12.2. The molecule has 0 amide bonds. The molecule has 2 aromatic rings. The first-order chi connectivity index (χ1) is 9.67. The monoisotopic (exact) mass is 273 g/mol. The van der Waals surface area contributed by atoms with Crippen molar-refractivity contribution in [1.82, 2.24) is 4.57 Å². The van der Waals surface area contributed by atoms with Crippen LogP contribution in [0, 0.1) is 0 Å². The molecule has 3 N–H and O–H groups in total. The standard InChI is InChI=1S/C14H15N3O3/c1-20-12-7-3-2-5-10(12)9-17-8-4-6-11(14(17)18)13(15)16-19/h2-8,19H,9H2,1H3,(H2,15,16). The number of nitrogens with two attached hydrogens (primary N) is 1. The van der Waals surface area contributed by atoms with Gasteiger partial charge in [-0.1, -0.05) is 23.4 Å². The maximum absolute atomic E-state index is 12.2. The van der Waals surface area contributed by atoms with Crippen molar-refractivity contribution in [2.45, 2.75) is 6.54 Å². The normalized spacial score (nSPS) is 11.3. The van der Waals surface area contributed by atoms with Gasteiger partial charge in [0.1, 0.15) is 5.75 Å². The van der Waals surface area contributed by atoms with Gasteiger partial charge in [0.25, 0.3) is 5.56 Å². The summed E-state index contributed by atoms with van der Waals surface area (Å²) >= 11 is 0. The van der Waals surface area contributed by atoms with E-state index in [4.69, 9.17) is 15.7 Å². The highest BCUT2D eigenvalue weighted by Gasteiger charge is 2.09. The van der Waals surface area contributed by atoms with E-state index in [9.17, 15) is 4.79 Å².